The maximum atomic E-state index is 12.1. The van der Waals surface area contributed by atoms with Gasteiger partial charge in [0.15, 0.2) is 0 Å². The van der Waals surface area contributed by atoms with E-state index in [2.05, 4.69) is 4.99 Å². The average Bonchev–Trinajstić information content (AvgIpc) is 3.12. The van der Waals surface area contributed by atoms with Crippen molar-refractivity contribution < 1.29 is 19.1 Å². The van der Waals surface area contributed by atoms with Crippen LogP contribution in [0, 0.1) is 6.92 Å². The molecule has 5 nitrogen and oxygen atoms in total. The smallest absolute Gasteiger partial charge is 0.341 e. The number of benzene rings is 1. The molecule has 0 atom stereocenters. The van der Waals surface area contributed by atoms with E-state index in [9.17, 15) is 9.59 Å². The predicted molar refractivity (Wildman–Crippen MR) is 92.6 cm³/mol. The van der Waals surface area contributed by atoms with Gasteiger partial charge >= 0.3 is 5.97 Å². The van der Waals surface area contributed by atoms with Crippen LogP contribution in [-0.2, 0) is 14.3 Å². The second-order valence-corrected chi connectivity index (χ2v) is 6.29. The third-order valence-corrected chi connectivity index (χ3v) is 4.22. The molecule has 0 saturated heterocycles. The highest BCUT2D eigenvalue weighted by atomic mass is 32.1. The zero-order valence-electron chi connectivity index (χ0n) is 13.2. The number of aryl methyl sites for hydroxylation is 1. The molecule has 1 aromatic heterocycles. The fourth-order valence-corrected chi connectivity index (χ4v) is 3.08. The quantitative estimate of drug-likeness (QED) is 0.791. The molecule has 1 aromatic carbocycles. The Balaban J connectivity index is 1.89. The molecule has 0 saturated carbocycles. The summed E-state index contributed by atoms with van der Waals surface area (Å²) >= 11 is 1.31. The van der Waals surface area contributed by atoms with Gasteiger partial charge in [0.1, 0.15) is 10.8 Å². The monoisotopic (exact) mass is 341 g/mol. The fourth-order valence-electron chi connectivity index (χ4n) is 2.22. The lowest BCUT2D eigenvalue weighted by molar-refractivity contribution is -0.109. The summed E-state index contributed by atoms with van der Waals surface area (Å²) in [6.45, 7) is 3.88. The van der Waals surface area contributed by atoms with Gasteiger partial charge in [0.05, 0.1) is 12.2 Å². The first-order valence-electron chi connectivity index (χ1n) is 7.44. The number of ether oxygens (including phenoxy) is 2. The molecule has 0 amide bonds. The first-order chi connectivity index (χ1) is 11.6. The zero-order chi connectivity index (χ0) is 17.1. The van der Waals surface area contributed by atoms with Crippen molar-refractivity contribution in [3.05, 3.63) is 58.5 Å². The van der Waals surface area contributed by atoms with E-state index in [1.807, 2.05) is 37.3 Å². The Morgan fingerprint density at radius 3 is 2.75 bits per heavy atom. The third-order valence-electron chi connectivity index (χ3n) is 3.27. The Kier molecular flexibility index (Phi) is 4.57. The van der Waals surface area contributed by atoms with Crippen molar-refractivity contribution >= 4 is 39.7 Å². The van der Waals surface area contributed by atoms with Gasteiger partial charge in [-0.3, -0.25) is 4.79 Å². The van der Waals surface area contributed by atoms with E-state index in [1.165, 1.54) is 17.4 Å². The molecule has 2 aromatic rings. The topological polar surface area (TPSA) is 65.0 Å². The molecule has 0 N–H and O–H groups in total. The maximum Gasteiger partial charge on any atom is 0.341 e. The van der Waals surface area contributed by atoms with Crippen LogP contribution < -0.4 is 0 Å². The van der Waals surface area contributed by atoms with Crippen molar-refractivity contribution in [3.63, 3.8) is 0 Å². The molecule has 0 unspecified atom stereocenters. The van der Waals surface area contributed by atoms with E-state index in [1.54, 1.807) is 13.0 Å². The number of rotatable bonds is 4. The van der Waals surface area contributed by atoms with E-state index in [0.29, 0.717) is 16.3 Å². The number of carbonyl (C=O) groups is 2. The molecule has 6 heteroatoms. The highest BCUT2D eigenvalue weighted by Crippen LogP contribution is 2.33. The number of esters is 1. The van der Waals surface area contributed by atoms with Crippen LogP contribution in [0.25, 0.3) is 5.76 Å². The average molecular weight is 341 g/mol. The lowest BCUT2D eigenvalue weighted by Crippen LogP contribution is -2.08. The van der Waals surface area contributed by atoms with E-state index in [-0.39, 0.29) is 18.3 Å². The Labute approximate surface area is 143 Å². The molecule has 0 bridgehead atoms. The van der Waals surface area contributed by atoms with E-state index in [4.69, 9.17) is 9.47 Å². The molecule has 122 valence electrons. The molecule has 24 heavy (non-hydrogen) atoms. The van der Waals surface area contributed by atoms with Gasteiger partial charge < -0.3 is 9.47 Å². The summed E-state index contributed by atoms with van der Waals surface area (Å²) in [5.41, 5.74) is 1.14. The summed E-state index contributed by atoms with van der Waals surface area (Å²) < 4.78 is 10.6. The van der Waals surface area contributed by atoms with Gasteiger partial charge in [0.2, 0.25) is 5.78 Å². The Morgan fingerprint density at radius 1 is 1.29 bits per heavy atom. The van der Waals surface area contributed by atoms with Crippen molar-refractivity contribution in [2.45, 2.75) is 13.8 Å². The second-order valence-electron chi connectivity index (χ2n) is 5.05. The van der Waals surface area contributed by atoms with Crippen molar-refractivity contribution in [2.75, 3.05) is 6.61 Å². The van der Waals surface area contributed by atoms with Crippen molar-refractivity contribution in [3.8, 4) is 0 Å². The van der Waals surface area contributed by atoms with Gasteiger partial charge in [-0.05, 0) is 19.9 Å². The molecule has 3 rings (SSSR count). The summed E-state index contributed by atoms with van der Waals surface area (Å²) in [6, 6.07) is 11.0. The lowest BCUT2D eigenvalue weighted by atomic mass is 10.2. The van der Waals surface area contributed by atoms with Gasteiger partial charge in [-0.25, -0.2) is 4.79 Å². The molecule has 1 aliphatic heterocycles. The lowest BCUT2D eigenvalue weighted by Gasteiger charge is -2.03. The van der Waals surface area contributed by atoms with Crippen LogP contribution in [0.5, 0.6) is 0 Å². The maximum absolute atomic E-state index is 12.1. The first kappa shape index (κ1) is 16.1. The summed E-state index contributed by atoms with van der Waals surface area (Å²) in [5.74, 6) is -0.371. The molecule has 0 spiro atoms. The third kappa shape index (κ3) is 3.28. The fraction of sp³-hybridized carbons (Fsp3) is 0.167. The van der Waals surface area contributed by atoms with Crippen LogP contribution in [0.1, 0.15) is 27.7 Å². The highest BCUT2D eigenvalue weighted by Gasteiger charge is 2.25. The van der Waals surface area contributed by atoms with Crippen molar-refractivity contribution in [1.29, 1.82) is 0 Å². The summed E-state index contributed by atoms with van der Waals surface area (Å²) in [4.78, 5) is 29.3. The molecular weight excluding hydrogens is 326 g/mol. The van der Waals surface area contributed by atoms with Crippen LogP contribution >= 0.6 is 11.3 Å². The molecule has 0 radical (unpaired) electrons. The number of ketones is 1. The minimum Gasteiger partial charge on any atom is -0.462 e. The Morgan fingerprint density at radius 2 is 2.04 bits per heavy atom. The van der Waals surface area contributed by atoms with E-state index >= 15 is 0 Å². The minimum atomic E-state index is -0.456. The highest BCUT2D eigenvalue weighted by molar-refractivity contribution is 7.16. The minimum absolute atomic E-state index is 0.0405. The van der Waals surface area contributed by atoms with E-state index < -0.39 is 5.97 Å². The predicted octanol–water partition coefficient (Wildman–Crippen LogP) is 3.90. The number of hydrogen-bond donors (Lipinski definition) is 0. The number of hydrogen-bond acceptors (Lipinski definition) is 6. The Hall–Kier alpha value is -2.73. The molecule has 2 heterocycles. The van der Waals surface area contributed by atoms with Crippen molar-refractivity contribution in [1.82, 2.24) is 0 Å². The standard InChI is InChI=1S/C18H15NO4S/c1-3-22-18(21)13-9-11(2)24-17(13)19-16-14(20)10-15(23-16)12-7-5-4-6-8-12/h4-10H,3H2,1-2H3/b19-16-. The van der Waals surface area contributed by atoms with Gasteiger partial charge in [-0.1, -0.05) is 30.3 Å². The van der Waals surface area contributed by atoms with Crippen LogP contribution in [-0.4, -0.2) is 24.3 Å². The number of carbonyl (C=O) groups excluding carboxylic acids is 2. The molecule has 1 aliphatic rings. The van der Waals surface area contributed by atoms with Gasteiger partial charge in [-0.15, -0.1) is 11.3 Å². The molecular formula is C18H15NO4S. The van der Waals surface area contributed by atoms with Gasteiger partial charge in [0, 0.05) is 16.5 Å². The van der Waals surface area contributed by atoms with Crippen molar-refractivity contribution in [2.24, 2.45) is 4.99 Å². The van der Waals surface area contributed by atoms with Gasteiger partial charge in [0.25, 0.3) is 5.90 Å². The SMILES string of the molecule is CCOC(=O)c1cc(C)sc1/N=C1\OC(c2ccccc2)=CC1=O. The summed E-state index contributed by atoms with van der Waals surface area (Å²) in [6.07, 6.45) is 1.40. The summed E-state index contributed by atoms with van der Waals surface area (Å²) in [7, 11) is 0. The summed E-state index contributed by atoms with van der Waals surface area (Å²) in [5, 5.41) is 0.414. The number of nitrogens with zero attached hydrogens (tertiary/aromatic N) is 1. The largest absolute Gasteiger partial charge is 0.462 e. The van der Waals surface area contributed by atoms with Crippen LogP contribution in [0.4, 0.5) is 5.00 Å². The van der Waals surface area contributed by atoms with Crippen LogP contribution in [0.3, 0.4) is 0 Å². The van der Waals surface area contributed by atoms with Crippen LogP contribution in [0.2, 0.25) is 0 Å². The second kappa shape index (κ2) is 6.80. The first-order valence-corrected chi connectivity index (χ1v) is 8.25. The zero-order valence-corrected chi connectivity index (χ0v) is 14.1. The number of aliphatic imine (C=N–C) groups is 1. The van der Waals surface area contributed by atoms with E-state index in [0.717, 1.165) is 10.4 Å². The molecule has 0 fully saturated rings. The molecule has 0 aliphatic carbocycles. The van der Waals surface area contributed by atoms with Gasteiger partial charge in [-0.2, -0.15) is 4.99 Å². The normalized spacial score (nSPS) is 15.3. The Bertz CT molecular complexity index is 849. The number of thiophene rings is 1. The van der Waals surface area contributed by atoms with Crippen LogP contribution in [0.15, 0.2) is 47.5 Å².